The first-order valence-corrected chi connectivity index (χ1v) is 4.47. The lowest BCUT2D eigenvalue weighted by Gasteiger charge is -2.21. The third-order valence-electron chi connectivity index (χ3n) is 2.57. The van der Waals surface area contributed by atoms with E-state index in [0.717, 1.165) is 25.7 Å². The number of aliphatic hydroxyl groups is 1. The van der Waals surface area contributed by atoms with Gasteiger partial charge in [0.15, 0.2) is 0 Å². The predicted molar refractivity (Wildman–Crippen MR) is 45.6 cm³/mol. The topological polar surface area (TPSA) is 38.0 Å². The summed E-state index contributed by atoms with van der Waals surface area (Å²) in [5.41, 5.74) is -0.458. The number of imidazole rings is 1. The molecule has 3 nitrogen and oxygen atoms in total. The lowest BCUT2D eigenvalue weighted by molar-refractivity contribution is 0.0299. The molecule has 1 aliphatic carbocycles. The minimum absolute atomic E-state index is 0.458. The molecule has 0 saturated heterocycles. The number of aromatic nitrogens is 2. The van der Waals surface area contributed by atoms with E-state index in [9.17, 15) is 5.11 Å². The van der Waals surface area contributed by atoms with E-state index in [1.54, 1.807) is 12.5 Å². The molecule has 0 unspecified atom stereocenters. The van der Waals surface area contributed by atoms with Crippen LogP contribution in [0.15, 0.2) is 18.7 Å². The highest BCUT2D eigenvalue weighted by atomic mass is 16.3. The smallest absolute Gasteiger partial charge is 0.0946 e. The second-order valence-electron chi connectivity index (χ2n) is 3.67. The highest BCUT2D eigenvalue weighted by Crippen LogP contribution is 2.30. The van der Waals surface area contributed by atoms with E-state index < -0.39 is 5.60 Å². The molecule has 0 aromatic carbocycles. The van der Waals surface area contributed by atoms with Gasteiger partial charge >= 0.3 is 0 Å². The Morgan fingerprint density at radius 2 is 2.17 bits per heavy atom. The fourth-order valence-electron chi connectivity index (χ4n) is 1.91. The van der Waals surface area contributed by atoms with Gasteiger partial charge in [0.2, 0.25) is 0 Å². The quantitative estimate of drug-likeness (QED) is 0.716. The summed E-state index contributed by atoms with van der Waals surface area (Å²) in [4.78, 5) is 3.95. The van der Waals surface area contributed by atoms with Crippen LogP contribution in [0.25, 0.3) is 0 Å². The highest BCUT2D eigenvalue weighted by molar-refractivity contribution is 4.87. The Bertz CT molecular complexity index is 237. The molecule has 1 heterocycles. The lowest BCUT2D eigenvalue weighted by Crippen LogP contribution is -2.29. The summed E-state index contributed by atoms with van der Waals surface area (Å²) < 4.78 is 1.95. The Balaban J connectivity index is 2.02. The highest BCUT2D eigenvalue weighted by Gasteiger charge is 2.30. The van der Waals surface area contributed by atoms with Crippen LogP contribution in [0.1, 0.15) is 25.7 Å². The maximum atomic E-state index is 10.0. The molecule has 0 spiro atoms. The van der Waals surface area contributed by atoms with Crippen LogP contribution in [0, 0.1) is 0 Å². The van der Waals surface area contributed by atoms with Gasteiger partial charge in [-0.15, -0.1) is 0 Å². The average Bonchev–Trinajstić information content (AvgIpc) is 2.62. The van der Waals surface area contributed by atoms with E-state index >= 15 is 0 Å². The number of hydrogen-bond acceptors (Lipinski definition) is 2. The van der Waals surface area contributed by atoms with Gasteiger partial charge in [-0.3, -0.25) is 0 Å². The molecule has 1 aromatic heterocycles. The van der Waals surface area contributed by atoms with Gasteiger partial charge in [-0.25, -0.2) is 4.98 Å². The molecule has 66 valence electrons. The predicted octanol–water partition coefficient (Wildman–Crippen LogP) is 1.19. The monoisotopic (exact) mass is 166 g/mol. The van der Waals surface area contributed by atoms with Crippen LogP contribution in [-0.4, -0.2) is 20.3 Å². The second-order valence-corrected chi connectivity index (χ2v) is 3.67. The van der Waals surface area contributed by atoms with Gasteiger partial charge in [0.05, 0.1) is 18.5 Å². The van der Waals surface area contributed by atoms with Gasteiger partial charge in [-0.2, -0.15) is 0 Å². The number of hydrogen-bond donors (Lipinski definition) is 1. The Morgan fingerprint density at radius 3 is 2.75 bits per heavy atom. The van der Waals surface area contributed by atoms with Crippen molar-refractivity contribution in [3.05, 3.63) is 18.7 Å². The molecule has 2 rings (SSSR count). The van der Waals surface area contributed by atoms with Crippen molar-refractivity contribution in [3.8, 4) is 0 Å². The van der Waals surface area contributed by atoms with Crippen molar-refractivity contribution in [2.45, 2.75) is 37.8 Å². The van der Waals surface area contributed by atoms with Gasteiger partial charge in [-0.05, 0) is 12.8 Å². The maximum absolute atomic E-state index is 10.0. The zero-order valence-corrected chi connectivity index (χ0v) is 7.11. The molecule has 0 bridgehead atoms. The Hall–Kier alpha value is -0.830. The Morgan fingerprint density at radius 1 is 1.42 bits per heavy atom. The summed E-state index contributed by atoms with van der Waals surface area (Å²) in [5.74, 6) is 0. The van der Waals surface area contributed by atoms with E-state index in [-0.39, 0.29) is 0 Å². The molecule has 1 aliphatic rings. The van der Waals surface area contributed by atoms with Crippen LogP contribution in [0.4, 0.5) is 0 Å². The van der Waals surface area contributed by atoms with E-state index in [0.29, 0.717) is 6.54 Å². The van der Waals surface area contributed by atoms with Gasteiger partial charge in [0, 0.05) is 12.4 Å². The van der Waals surface area contributed by atoms with E-state index in [4.69, 9.17) is 0 Å². The largest absolute Gasteiger partial charge is 0.388 e. The summed E-state index contributed by atoms with van der Waals surface area (Å²) >= 11 is 0. The molecule has 0 aliphatic heterocycles. The van der Waals surface area contributed by atoms with Crippen LogP contribution < -0.4 is 0 Å². The van der Waals surface area contributed by atoms with Crippen molar-refractivity contribution in [2.75, 3.05) is 0 Å². The summed E-state index contributed by atoms with van der Waals surface area (Å²) in [7, 11) is 0. The molecular formula is C9H14N2O. The number of nitrogens with zero attached hydrogens (tertiary/aromatic N) is 2. The third-order valence-corrected chi connectivity index (χ3v) is 2.57. The normalized spacial score (nSPS) is 21.4. The molecule has 1 N–H and O–H groups in total. The van der Waals surface area contributed by atoms with Gasteiger partial charge < -0.3 is 9.67 Å². The minimum atomic E-state index is -0.458. The van der Waals surface area contributed by atoms with Crippen LogP contribution in [-0.2, 0) is 6.54 Å². The minimum Gasteiger partial charge on any atom is -0.388 e. The fraction of sp³-hybridized carbons (Fsp3) is 0.667. The fourth-order valence-corrected chi connectivity index (χ4v) is 1.91. The zero-order chi connectivity index (χ0) is 8.44. The standard InChI is InChI=1S/C9H14N2O/c12-9(3-1-2-4-9)7-11-6-5-10-8-11/h5-6,8,12H,1-4,7H2. The molecular weight excluding hydrogens is 152 g/mol. The van der Waals surface area contributed by atoms with Crippen LogP contribution >= 0.6 is 0 Å². The summed E-state index contributed by atoms with van der Waals surface area (Å²) in [6, 6.07) is 0. The first-order valence-electron chi connectivity index (χ1n) is 4.47. The summed E-state index contributed by atoms with van der Waals surface area (Å²) in [6.07, 6.45) is 9.59. The first kappa shape index (κ1) is 7.80. The third kappa shape index (κ3) is 1.50. The average molecular weight is 166 g/mol. The van der Waals surface area contributed by atoms with Crippen molar-refractivity contribution in [1.29, 1.82) is 0 Å². The van der Waals surface area contributed by atoms with Crippen molar-refractivity contribution in [3.63, 3.8) is 0 Å². The van der Waals surface area contributed by atoms with Crippen LogP contribution in [0.5, 0.6) is 0 Å². The van der Waals surface area contributed by atoms with E-state index in [1.807, 2.05) is 10.8 Å². The van der Waals surface area contributed by atoms with Crippen LogP contribution in [0.2, 0.25) is 0 Å². The van der Waals surface area contributed by atoms with E-state index in [2.05, 4.69) is 4.98 Å². The number of rotatable bonds is 2. The lowest BCUT2D eigenvalue weighted by atomic mass is 10.0. The van der Waals surface area contributed by atoms with Crippen molar-refractivity contribution < 1.29 is 5.11 Å². The van der Waals surface area contributed by atoms with Gasteiger partial charge in [0.25, 0.3) is 0 Å². The molecule has 0 atom stereocenters. The van der Waals surface area contributed by atoms with Crippen molar-refractivity contribution >= 4 is 0 Å². The zero-order valence-electron chi connectivity index (χ0n) is 7.11. The first-order chi connectivity index (χ1) is 5.79. The molecule has 1 saturated carbocycles. The summed E-state index contributed by atoms with van der Waals surface area (Å²) in [6.45, 7) is 0.701. The van der Waals surface area contributed by atoms with Crippen LogP contribution in [0.3, 0.4) is 0 Å². The van der Waals surface area contributed by atoms with Gasteiger partial charge in [0.1, 0.15) is 0 Å². The maximum Gasteiger partial charge on any atom is 0.0946 e. The van der Waals surface area contributed by atoms with Crippen molar-refractivity contribution in [1.82, 2.24) is 9.55 Å². The van der Waals surface area contributed by atoms with Gasteiger partial charge in [-0.1, -0.05) is 12.8 Å². The Labute approximate surface area is 72.0 Å². The van der Waals surface area contributed by atoms with Crippen molar-refractivity contribution in [2.24, 2.45) is 0 Å². The molecule has 1 fully saturated rings. The molecule has 0 amide bonds. The molecule has 3 heteroatoms. The summed E-state index contributed by atoms with van der Waals surface area (Å²) in [5, 5.41) is 10.0. The molecule has 12 heavy (non-hydrogen) atoms. The molecule has 0 radical (unpaired) electrons. The Kier molecular flexibility index (Phi) is 1.89. The SMILES string of the molecule is OC1(Cn2ccnc2)CCCC1. The molecule has 1 aromatic rings. The van der Waals surface area contributed by atoms with E-state index in [1.165, 1.54) is 0 Å². The second kappa shape index (κ2) is 2.90.